The Labute approximate surface area is 137 Å². The molecule has 7 heteroatoms. The summed E-state index contributed by atoms with van der Waals surface area (Å²) < 4.78 is 16.7. The third-order valence-corrected chi connectivity index (χ3v) is 4.38. The van der Waals surface area contributed by atoms with Crippen LogP contribution in [-0.4, -0.2) is 30.0 Å². The van der Waals surface area contributed by atoms with Crippen molar-refractivity contribution in [3.63, 3.8) is 0 Å². The zero-order valence-corrected chi connectivity index (χ0v) is 13.1. The maximum Gasteiger partial charge on any atom is 0.315 e. The maximum atomic E-state index is 5.65. The van der Waals surface area contributed by atoms with Gasteiger partial charge in [-0.05, 0) is 36.1 Å². The monoisotopic (exact) mass is 329 g/mol. The highest BCUT2D eigenvalue weighted by atomic mass is 32.1. The van der Waals surface area contributed by atoms with Crippen LogP contribution in [-0.2, 0) is 6.42 Å². The van der Waals surface area contributed by atoms with E-state index in [9.17, 15) is 0 Å². The molecular weight excluding hydrogens is 314 g/mol. The standard InChI is InChI=1S/C16H15N3O3S/c1-2-12(23-9-1)5-6-17-16-19-18-15(22-16)11-3-4-13-14(10-11)21-8-7-20-13/h1-4,9-10H,5-8H2,(H,17,19). The van der Waals surface area contributed by atoms with Crippen LogP contribution >= 0.6 is 11.3 Å². The lowest BCUT2D eigenvalue weighted by molar-refractivity contribution is 0.171. The third-order valence-electron chi connectivity index (χ3n) is 3.44. The van der Waals surface area contributed by atoms with E-state index >= 15 is 0 Å². The first-order chi connectivity index (χ1) is 11.4. The van der Waals surface area contributed by atoms with Crippen molar-refractivity contribution in [1.29, 1.82) is 0 Å². The first-order valence-electron chi connectivity index (χ1n) is 7.38. The number of nitrogens with one attached hydrogen (secondary N) is 1. The maximum absolute atomic E-state index is 5.65. The highest BCUT2D eigenvalue weighted by molar-refractivity contribution is 7.09. The van der Waals surface area contributed by atoms with Crippen LogP contribution in [0, 0.1) is 0 Å². The molecule has 4 rings (SSSR count). The van der Waals surface area contributed by atoms with Gasteiger partial charge in [0.05, 0.1) is 0 Å². The number of hydrogen-bond donors (Lipinski definition) is 1. The summed E-state index contributed by atoms with van der Waals surface area (Å²) in [6, 6.07) is 10.2. The van der Waals surface area contributed by atoms with E-state index in [1.807, 2.05) is 24.3 Å². The highest BCUT2D eigenvalue weighted by Crippen LogP contribution is 2.34. The van der Waals surface area contributed by atoms with Crippen molar-refractivity contribution in [2.45, 2.75) is 6.42 Å². The average Bonchev–Trinajstić information content (AvgIpc) is 3.26. The van der Waals surface area contributed by atoms with Crippen LogP contribution in [0.5, 0.6) is 11.5 Å². The number of benzene rings is 1. The van der Waals surface area contributed by atoms with Crippen molar-refractivity contribution in [1.82, 2.24) is 10.2 Å². The van der Waals surface area contributed by atoms with Gasteiger partial charge >= 0.3 is 6.01 Å². The molecule has 0 radical (unpaired) electrons. The fraction of sp³-hybridized carbons (Fsp3) is 0.250. The smallest absolute Gasteiger partial charge is 0.315 e. The molecule has 3 aromatic rings. The summed E-state index contributed by atoms with van der Waals surface area (Å²) in [5.74, 6) is 1.91. The van der Waals surface area contributed by atoms with Crippen LogP contribution in [0.4, 0.5) is 6.01 Å². The molecule has 1 aromatic carbocycles. The van der Waals surface area contributed by atoms with Crippen molar-refractivity contribution in [3.8, 4) is 23.0 Å². The molecule has 3 heterocycles. The Balaban J connectivity index is 1.43. The normalized spacial score (nSPS) is 13.0. The second-order valence-electron chi connectivity index (χ2n) is 5.03. The largest absolute Gasteiger partial charge is 0.486 e. The summed E-state index contributed by atoms with van der Waals surface area (Å²) in [7, 11) is 0. The Morgan fingerprint density at radius 3 is 2.87 bits per heavy atom. The van der Waals surface area contributed by atoms with Crippen LogP contribution < -0.4 is 14.8 Å². The van der Waals surface area contributed by atoms with Gasteiger partial charge in [-0.3, -0.25) is 0 Å². The quantitative estimate of drug-likeness (QED) is 0.775. The molecule has 0 saturated heterocycles. The number of aromatic nitrogens is 2. The summed E-state index contributed by atoms with van der Waals surface area (Å²) in [6.45, 7) is 1.88. The summed E-state index contributed by atoms with van der Waals surface area (Å²) in [6.07, 6.45) is 0.930. The first kappa shape index (κ1) is 14.1. The molecule has 0 fully saturated rings. The molecular formula is C16H15N3O3S. The van der Waals surface area contributed by atoms with E-state index in [1.54, 1.807) is 11.3 Å². The van der Waals surface area contributed by atoms with Crippen molar-refractivity contribution < 1.29 is 13.9 Å². The molecule has 0 amide bonds. The minimum atomic E-state index is 0.423. The van der Waals surface area contributed by atoms with Crippen LogP contribution in [0.1, 0.15) is 4.88 Å². The zero-order chi connectivity index (χ0) is 15.5. The van der Waals surface area contributed by atoms with Gasteiger partial charge in [-0.15, -0.1) is 16.4 Å². The molecule has 0 atom stereocenters. The summed E-state index contributed by atoms with van der Waals surface area (Å²) in [5.41, 5.74) is 0.813. The van der Waals surface area contributed by atoms with Gasteiger partial charge < -0.3 is 19.2 Å². The molecule has 0 saturated carbocycles. The molecule has 23 heavy (non-hydrogen) atoms. The van der Waals surface area contributed by atoms with E-state index in [0.29, 0.717) is 30.9 Å². The number of nitrogens with zero attached hydrogens (tertiary/aromatic N) is 2. The molecule has 2 aromatic heterocycles. The van der Waals surface area contributed by atoms with Crippen LogP contribution in [0.15, 0.2) is 40.1 Å². The van der Waals surface area contributed by atoms with Gasteiger partial charge in [0, 0.05) is 17.0 Å². The molecule has 1 N–H and O–H groups in total. The van der Waals surface area contributed by atoms with Crippen molar-refractivity contribution in [2.75, 3.05) is 25.1 Å². The topological polar surface area (TPSA) is 69.4 Å². The van der Waals surface area contributed by atoms with E-state index in [1.165, 1.54) is 4.88 Å². The lowest BCUT2D eigenvalue weighted by Gasteiger charge is -2.18. The van der Waals surface area contributed by atoms with E-state index in [-0.39, 0.29) is 0 Å². The molecule has 1 aliphatic rings. The lowest BCUT2D eigenvalue weighted by atomic mass is 10.2. The molecule has 0 spiro atoms. The van der Waals surface area contributed by atoms with Gasteiger partial charge in [0.1, 0.15) is 13.2 Å². The Hall–Kier alpha value is -2.54. The Morgan fingerprint density at radius 1 is 1.09 bits per heavy atom. The zero-order valence-electron chi connectivity index (χ0n) is 12.3. The number of rotatable bonds is 5. The van der Waals surface area contributed by atoms with Gasteiger partial charge in [-0.1, -0.05) is 11.2 Å². The SMILES string of the molecule is c1csc(CCNc2nnc(-c3ccc4c(c3)OCCO4)o2)c1. The predicted octanol–water partition coefficient (Wildman–Crippen LogP) is 3.22. The van der Waals surface area contributed by atoms with E-state index < -0.39 is 0 Å². The fourth-order valence-corrected chi connectivity index (χ4v) is 3.04. The first-order valence-corrected chi connectivity index (χ1v) is 8.26. The molecule has 0 unspecified atom stereocenters. The molecule has 1 aliphatic heterocycles. The van der Waals surface area contributed by atoms with Gasteiger partial charge in [0.25, 0.3) is 0 Å². The summed E-state index contributed by atoms with van der Waals surface area (Å²) >= 11 is 1.74. The number of anilines is 1. The minimum absolute atomic E-state index is 0.423. The van der Waals surface area contributed by atoms with E-state index in [0.717, 1.165) is 24.3 Å². The van der Waals surface area contributed by atoms with Gasteiger partial charge in [-0.25, -0.2) is 0 Å². The van der Waals surface area contributed by atoms with Gasteiger partial charge in [0.2, 0.25) is 5.89 Å². The van der Waals surface area contributed by atoms with Gasteiger partial charge in [-0.2, -0.15) is 0 Å². The molecule has 6 nitrogen and oxygen atoms in total. The third kappa shape index (κ3) is 3.14. The number of fused-ring (bicyclic) bond motifs is 1. The van der Waals surface area contributed by atoms with E-state index in [2.05, 4.69) is 27.0 Å². The highest BCUT2D eigenvalue weighted by Gasteiger charge is 2.15. The van der Waals surface area contributed by atoms with Gasteiger partial charge in [0.15, 0.2) is 11.5 Å². The second-order valence-corrected chi connectivity index (χ2v) is 6.06. The summed E-state index contributed by atoms with van der Waals surface area (Å²) in [4.78, 5) is 1.32. The molecule has 0 aliphatic carbocycles. The number of thiophene rings is 1. The van der Waals surface area contributed by atoms with Crippen molar-refractivity contribution in [3.05, 3.63) is 40.6 Å². The van der Waals surface area contributed by atoms with E-state index in [4.69, 9.17) is 13.9 Å². The Kier molecular flexibility index (Phi) is 3.85. The molecule has 118 valence electrons. The molecule has 0 bridgehead atoms. The lowest BCUT2D eigenvalue weighted by Crippen LogP contribution is -2.15. The average molecular weight is 329 g/mol. The number of ether oxygens (including phenoxy) is 2. The van der Waals surface area contributed by atoms with Crippen LogP contribution in [0.25, 0.3) is 11.5 Å². The van der Waals surface area contributed by atoms with Crippen molar-refractivity contribution >= 4 is 17.4 Å². The Morgan fingerprint density at radius 2 is 2.00 bits per heavy atom. The number of hydrogen-bond acceptors (Lipinski definition) is 7. The summed E-state index contributed by atoms with van der Waals surface area (Å²) in [5, 5.41) is 13.3. The predicted molar refractivity (Wildman–Crippen MR) is 87.2 cm³/mol. The second kappa shape index (κ2) is 6.29. The van der Waals surface area contributed by atoms with Crippen LogP contribution in [0.2, 0.25) is 0 Å². The minimum Gasteiger partial charge on any atom is -0.486 e. The van der Waals surface area contributed by atoms with Crippen LogP contribution in [0.3, 0.4) is 0 Å². The van der Waals surface area contributed by atoms with Crippen molar-refractivity contribution in [2.24, 2.45) is 0 Å². The fourth-order valence-electron chi connectivity index (χ4n) is 2.34. The Bertz CT molecular complexity index is 786.